The molecule has 1 aliphatic rings. The number of para-hydroxylation sites is 1. The zero-order valence-corrected chi connectivity index (χ0v) is 16.6. The molecule has 0 bridgehead atoms. The number of nitrogens with one attached hydrogen (secondary N) is 1. The highest BCUT2D eigenvalue weighted by molar-refractivity contribution is 7.18. The fourth-order valence-electron chi connectivity index (χ4n) is 3.80. The minimum Gasteiger partial charge on any atom is -0.493 e. The maximum atomic E-state index is 12.6. The number of H-pyrrole nitrogens is 1. The molecule has 0 spiro atoms. The highest BCUT2D eigenvalue weighted by Gasteiger charge is 2.21. The fourth-order valence-corrected chi connectivity index (χ4v) is 5.08. The Labute approximate surface area is 161 Å². The molecule has 1 aliphatic carbocycles. The van der Waals surface area contributed by atoms with Crippen molar-refractivity contribution in [3.8, 4) is 11.5 Å². The van der Waals surface area contributed by atoms with Crippen molar-refractivity contribution in [1.82, 2.24) is 14.9 Å². The van der Waals surface area contributed by atoms with E-state index in [9.17, 15) is 4.79 Å². The van der Waals surface area contributed by atoms with Crippen LogP contribution in [0.15, 0.2) is 23.0 Å². The van der Waals surface area contributed by atoms with Crippen LogP contribution in [-0.4, -0.2) is 36.1 Å². The van der Waals surface area contributed by atoms with Gasteiger partial charge in [-0.2, -0.15) is 0 Å². The molecule has 0 radical (unpaired) electrons. The monoisotopic (exact) mass is 385 g/mol. The number of methoxy groups -OCH3 is 2. The number of aromatic nitrogens is 2. The molecular formula is C20H23N3O3S. The second-order valence-corrected chi connectivity index (χ2v) is 7.96. The summed E-state index contributed by atoms with van der Waals surface area (Å²) in [4.78, 5) is 24.6. The standard InChI is InChI=1S/C20H23N3O3S/c1-23(10-12-6-4-8-14(25-2)18(12)26-3)11-16-21-19(24)17-13-7-5-9-15(13)27-20(17)22-16/h4,6,8H,5,7,9-11H2,1-3H3,(H,21,22,24). The lowest BCUT2D eigenvalue weighted by molar-refractivity contribution is 0.297. The van der Waals surface area contributed by atoms with E-state index in [0.29, 0.717) is 24.7 Å². The smallest absolute Gasteiger partial charge is 0.259 e. The second-order valence-electron chi connectivity index (χ2n) is 6.88. The number of thiophene rings is 1. The lowest BCUT2D eigenvalue weighted by atomic mass is 10.1. The van der Waals surface area contributed by atoms with Crippen molar-refractivity contribution in [3.05, 3.63) is 50.4 Å². The van der Waals surface area contributed by atoms with E-state index in [1.54, 1.807) is 25.6 Å². The maximum Gasteiger partial charge on any atom is 0.259 e. The van der Waals surface area contributed by atoms with E-state index in [0.717, 1.165) is 40.8 Å². The van der Waals surface area contributed by atoms with Gasteiger partial charge < -0.3 is 14.5 Å². The van der Waals surface area contributed by atoms with Crippen LogP contribution in [0.1, 0.15) is 28.2 Å². The summed E-state index contributed by atoms with van der Waals surface area (Å²) >= 11 is 1.67. The molecule has 6 nitrogen and oxygen atoms in total. The third-order valence-electron chi connectivity index (χ3n) is 4.97. The van der Waals surface area contributed by atoms with E-state index in [1.807, 2.05) is 25.2 Å². The predicted molar refractivity (Wildman–Crippen MR) is 107 cm³/mol. The lowest BCUT2D eigenvalue weighted by Crippen LogP contribution is -2.22. The summed E-state index contributed by atoms with van der Waals surface area (Å²) in [6.07, 6.45) is 3.21. The average molecular weight is 385 g/mol. The zero-order valence-electron chi connectivity index (χ0n) is 15.8. The number of benzene rings is 1. The summed E-state index contributed by atoms with van der Waals surface area (Å²) < 4.78 is 10.9. The number of hydrogen-bond acceptors (Lipinski definition) is 6. The van der Waals surface area contributed by atoms with Gasteiger partial charge in [0.15, 0.2) is 11.5 Å². The molecule has 0 atom stereocenters. The van der Waals surface area contributed by atoms with Crippen LogP contribution >= 0.6 is 11.3 Å². The molecule has 27 heavy (non-hydrogen) atoms. The molecule has 0 fully saturated rings. The Morgan fingerprint density at radius 2 is 2.07 bits per heavy atom. The minimum atomic E-state index is -0.0123. The van der Waals surface area contributed by atoms with Gasteiger partial charge >= 0.3 is 0 Å². The Balaban J connectivity index is 1.57. The first kappa shape index (κ1) is 18.0. The van der Waals surface area contributed by atoms with Crippen LogP contribution in [0.4, 0.5) is 0 Å². The van der Waals surface area contributed by atoms with E-state index >= 15 is 0 Å². The Kier molecular flexibility index (Phi) is 4.88. The number of nitrogens with zero attached hydrogens (tertiary/aromatic N) is 2. The molecule has 142 valence electrons. The number of rotatable bonds is 6. The molecular weight excluding hydrogens is 362 g/mol. The summed E-state index contributed by atoms with van der Waals surface area (Å²) in [7, 11) is 5.27. The molecule has 3 aromatic rings. The first-order chi connectivity index (χ1) is 13.1. The molecule has 1 N–H and O–H groups in total. The predicted octanol–water partition coefficient (Wildman–Crippen LogP) is 3.12. The van der Waals surface area contributed by atoms with Gasteiger partial charge in [0.2, 0.25) is 0 Å². The van der Waals surface area contributed by atoms with Gasteiger partial charge in [0.25, 0.3) is 5.56 Å². The number of fused-ring (bicyclic) bond motifs is 3. The number of aryl methyl sites for hydroxylation is 2. The van der Waals surface area contributed by atoms with Crippen LogP contribution in [0.5, 0.6) is 11.5 Å². The molecule has 0 unspecified atom stereocenters. The highest BCUT2D eigenvalue weighted by Crippen LogP contribution is 2.34. The maximum absolute atomic E-state index is 12.6. The van der Waals surface area contributed by atoms with Crippen molar-refractivity contribution in [2.45, 2.75) is 32.4 Å². The molecule has 0 saturated carbocycles. The van der Waals surface area contributed by atoms with Gasteiger partial charge in [-0.05, 0) is 37.9 Å². The van der Waals surface area contributed by atoms with E-state index < -0.39 is 0 Å². The van der Waals surface area contributed by atoms with Gasteiger partial charge in [-0.15, -0.1) is 11.3 Å². The Bertz CT molecular complexity index is 1040. The molecule has 0 saturated heterocycles. The van der Waals surface area contributed by atoms with E-state index in [-0.39, 0.29) is 5.56 Å². The molecule has 2 heterocycles. The summed E-state index contributed by atoms with van der Waals surface area (Å²) in [5.74, 6) is 2.14. The van der Waals surface area contributed by atoms with Crippen molar-refractivity contribution in [1.29, 1.82) is 0 Å². The molecule has 0 amide bonds. The summed E-state index contributed by atoms with van der Waals surface area (Å²) in [5, 5.41) is 0.799. The van der Waals surface area contributed by atoms with Crippen molar-refractivity contribution in [3.63, 3.8) is 0 Å². The first-order valence-electron chi connectivity index (χ1n) is 9.02. The van der Waals surface area contributed by atoms with Crippen molar-refractivity contribution in [2.24, 2.45) is 0 Å². The van der Waals surface area contributed by atoms with Gasteiger partial charge in [-0.1, -0.05) is 12.1 Å². The first-order valence-corrected chi connectivity index (χ1v) is 9.84. The van der Waals surface area contributed by atoms with Crippen LogP contribution in [0.25, 0.3) is 10.2 Å². The molecule has 7 heteroatoms. The Hall–Kier alpha value is -2.38. The molecule has 1 aromatic carbocycles. The number of hydrogen-bond donors (Lipinski definition) is 1. The second kappa shape index (κ2) is 7.32. The normalized spacial score (nSPS) is 13.3. The van der Waals surface area contributed by atoms with E-state index in [1.165, 1.54) is 10.4 Å². The SMILES string of the molecule is COc1cccc(CN(C)Cc2nc3sc4c(c3c(=O)[nH]2)CCC4)c1OC. The summed E-state index contributed by atoms with van der Waals surface area (Å²) in [6, 6.07) is 5.84. The van der Waals surface area contributed by atoms with Crippen LogP contribution in [0.2, 0.25) is 0 Å². The van der Waals surface area contributed by atoms with E-state index in [2.05, 4.69) is 9.88 Å². The van der Waals surface area contributed by atoms with Crippen LogP contribution < -0.4 is 15.0 Å². The van der Waals surface area contributed by atoms with Gasteiger partial charge in [0, 0.05) is 17.0 Å². The number of ether oxygens (including phenoxy) is 2. The van der Waals surface area contributed by atoms with Crippen molar-refractivity contribution in [2.75, 3.05) is 21.3 Å². The molecule has 2 aromatic heterocycles. The van der Waals surface area contributed by atoms with Crippen molar-refractivity contribution >= 4 is 21.6 Å². The summed E-state index contributed by atoms with van der Waals surface area (Å²) in [6.45, 7) is 1.21. The van der Waals surface area contributed by atoms with Gasteiger partial charge in [0.1, 0.15) is 10.7 Å². The lowest BCUT2D eigenvalue weighted by Gasteiger charge is -2.19. The fraction of sp³-hybridized carbons (Fsp3) is 0.400. The Morgan fingerprint density at radius 3 is 2.85 bits per heavy atom. The quantitative estimate of drug-likeness (QED) is 0.706. The molecule has 0 aliphatic heterocycles. The van der Waals surface area contributed by atoms with Crippen LogP contribution in [0, 0.1) is 0 Å². The van der Waals surface area contributed by atoms with E-state index in [4.69, 9.17) is 14.5 Å². The topological polar surface area (TPSA) is 67.5 Å². The van der Waals surface area contributed by atoms with Crippen LogP contribution in [-0.2, 0) is 25.9 Å². The highest BCUT2D eigenvalue weighted by atomic mass is 32.1. The van der Waals surface area contributed by atoms with Crippen molar-refractivity contribution < 1.29 is 9.47 Å². The largest absolute Gasteiger partial charge is 0.493 e. The summed E-state index contributed by atoms with van der Waals surface area (Å²) in [5.41, 5.74) is 2.23. The third-order valence-corrected chi connectivity index (χ3v) is 6.15. The van der Waals surface area contributed by atoms with Gasteiger partial charge in [0.05, 0.1) is 26.2 Å². The molecule has 4 rings (SSSR count). The Morgan fingerprint density at radius 1 is 1.22 bits per heavy atom. The average Bonchev–Trinajstić information content (AvgIpc) is 3.21. The third kappa shape index (κ3) is 3.33. The zero-order chi connectivity index (χ0) is 19.0. The van der Waals surface area contributed by atoms with Crippen LogP contribution in [0.3, 0.4) is 0 Å². The van der Waals surface area contributed by atoms with Gasteiger partial charge in [-0.3, -0.25) is 9.69 Å². The van der Waals surface area contributed by atoms with Gasteiger partial charge in [-0.25, -0.2) is 4.98 Å². The number of aromatic amines is 1. The minimum absolute atomic E-state index is 0.0123.